The number of amides is 1. The zero-order chi connectivity index (χ0) is 20.3. The van der Waals surface area contributed by atoms with Gasteiger partial charge in [0, 0.05) is 19.3 Å². The lowest BCUT2D eigenvalue weighted by Crippen LogP contribution is -2.38. The van der Waals surface area contributed by atoms with Gasteiger partial charge in [0.15, 0.2) is 0 Å². The average Bonchev–Trinajstić information content (AvgIpc) is 2.84. The Labute approximate surface area is 166 Å². The summed E-state index contributed by atoms with van der Waals surface area (Å²) >= 11 is 0. The Morgan fingerprint density at radius 2 is 1.96 bits per heavy atom. The van der Waals surface area contributed by atoms with Crippen LogP contribution in [0.3, 0.4) is 0 Å². The topological polar surface area (TPSA) is 75.6 Å². The van der Waals surface area contributed by atoms with Crippen molar-refractivity contribution in [1.29, 1.82) is 0 Å². The molecule has 1 fully saturated rings. The molecule has 28 heavy (non-hydrogen) atoms. The zero-order valence-corrected chi connectivity index (χ0v) is 17.2. The van der Waals surface area contributed by atoms with Gasteiger partial charge in [0.1, 0.15) is 23.8 Å². The van der Waals surface area contributed by atoms with Gasteiger partial charge in [0.25, 0.3) is 5.91 Å². The van der Waals surface area contributed by atoms with Crippen LogP contribution in [0, 0.1) is 27.7 Å². The van der Waals surface area contributed by atoms with Crippen LogP contribution in [-0.4, -0.2) is 51.2 Å². The van der Waals surface area contributed by atoms with Gasteiger partial charge >= 0.3 is 0 Å². The Morgan fingerprint density at radius 3 is 2.68 bits per heavy atom. The maximum Gasteiger partial charge on any atom is 0.257 e. The van der Waals surface area contributed by atoms with Crippen LogP contribution in [0.15, 0.2) is 24.4 Å². The predicted octanol–water partition coefficient (Wildman–Crippen LogP) is 3.15. The lowest BCUT2D eigenvalue weighted by atomic mass is 9.96. The first-order valence-corrected chi connectivity index (χ1v) is 9.79. The van der Waals surface area contributed by atoms with E-state index in [2.05, 4.69) is 16.9 Å². The van der Waals surface area contributed by atoms with Crippen molar-refractivity contribution >= 4 is 5.91 Å². The third-order valence-corrected chi connectivity index (χ3v) is 5.52. The normalized spacial score (nSPS) is 20.0. The third-order valence-electron chi connectivity index (χ3n) is 5.52. The van der Waals surface area contributed by atoms with E-state index in [1.807, 2.05) is 39.0 Å². The van der Waals surface area contributed by atoms with Gasteiger partial charge in [-0.25, -0.2) is 9.97 Å². The molecule has 2 aromatic rings. The molecule has 1 aliphatic rings. The smallest absolute Gasteiger partial charge is 0.257 e. The second kappa shape index (κ2) is 8.27. The summed E-state index contributed by atoms with van der Waals surface area (Å²) < 4.78 is 5.88. The van der Waals surface area contributed by atoms with Crippen LogP contribution in [0.2, 0.25) is 0 Å². The zero-order valence-electron chi connectivity index (χ0n) is 17.2. The molecule has 0 bridgehead atoms. The van der Waals surface area contributed by atoms with E-state index in [4.69, 9.17) is 4.74 Å². The lowest BCUT2D eigenvalue weighted by Gasteiger charge is -2.27. The van der Waals surface area contributed by atoms with Crippen molar-refractivity contribution in [2.45, 2.75) is 52.6 Å². The Kier molecular flexibility index (Phi) is 5.98. The monoisotopic (exact) mass is 383 g/mol. The second-order valence-corrected chi connectivity index (χ2v) is 7.82. The number of hydrogen-bond acceptors (Lipinski definition) is 5. The average molecular weight is 383 g/mol. The van der Waals surface area contributed by atoms with Gasteiger partial charge in [-0.2, -0.15) is 0 Å². The Hall–Kier alpha value is -2.47. The van der Waals surface area contributed by atoms with Gasteiger partial charge < -0.3 is 14.7 Å². The summed E-state index contributed by atoms with van der Waals surface area (Å²) in [6, 6.07) is 5.94. The number of carbonyl (C=O) groups excluding carboxylic acids is 1. The number of aromatic nitrogens is 2. The number of nitrogens with zero attached hydrogens (tertiary/aromatic N) is 3. The van der Waals surface area contributed by atoms with Crippen molar-refractivity contribution < 1.29 is 14.6 Å². The molecule has 1 atom stereocenters. The molecule has 0 aliphatic carbocycles. The molecule has 0 spiro atoms. The minimum atomic E-state index is -0.938. The standard InChI is InChI=1S/C22H29N3O3/c1-15-6-7-19(12-16(15)2)28-14-22(27)8-5-10-25(11-9-22)21(26)20-13-23-18(4)24-17(20)3/h6-7,12-13,27H,5,8-11,14H2,1-4H3. The molecule has 1 unspecified atom stereocenters. The van der Waals surface area contributed by atoms with Gasteiger partial charge in [0.2, 0.25) is 0 Å². The molecule has 1 aromatic carbocycles. The van der Waals surface area contributed by atoms with Gasteiger partial charge in [-0.05, 0) is 70.2 Å². The van der Waals surface area contributed by atoms with Crippen LogP contribution in [0.5, 0.6) is 5.75 Å². The fourth-order valence-electron chi connectivity index (χ4n) is 3.51. The third kappa shape index (κ3) is 4.68. The van der Waals surface area contributed by atoms with Crippen molar-refractivity contribution in [3.05, 3.63) is 52.6 Å². The molecule has 1 N–H and O–H groups in total. The molecule has 2 heterocycles. The molecular weight excluding hydrogens is 354 g/mol. The summed E-state index contributed by atoms with van der Waals surface area (Å²) in [6.45, 7) is 9.06. The highest BCUT2D eigenvalue weighted by atomic mass is 16.5. The van der Waals surface area contributed by atoms with Gasteiger partial charge in [0.05, 0.1) is 11.3 Å². The van der Waals surface area contributed by atoms with E-state index in [-0.39, 0.29) is 12.5 Å². The fourth-order valence-corrected chi connectivity index (χ4v) is 3.51. The van der Waals surface area contributed by atoms with Crippen molar-refractivity contribution in [1.82, 2.24) is 14.9 Å². The number of benzene rings is 1. The van der Waals surface area contributed by atoms with Crippen LogP contribution < -0.4 is 4.74 Å². The summed E-state index contributed by atoms with van der Waals surface area (Å²) in [5.41, 5.74) is 2.66. The number of aliphatic hydroxyl groups is 1. The van der Waals surface area contributed by atoms with Crippen LogP contribution in [-0.2, 0) is 0 Å². The van der Waals surface area contributed by atoms with Gasteiger partial charge in [-0.15, -0.1) is 0 Å². The lowest BCUT2D eigenvalue weighted by molar-refractivity contribution is -0.0163. The van der Waals surface area contributed by atoms with Gasteiger partial charge in [-0.1, -0.05) is 6.07 Å². The highest BCUT2D eigenvalue weighted by Crippen LogP contribution is 2.26. The number of carbonyl (C=O) groups is 1. The van der Waals surface area contributed by atoms with E-state index < -0.39 is 5.60 Å². The summed E-state index contributed by atoms with van der Waals surface area (Å²) in [4.78, 5) is 23.1. The maximum absolute atomic E-state index is 12.9. The molecule has 3 rings (SSSR count). The van der Waals surface area contributed by atoms with Crippen LogP contribution in [0.25, 0.3) is 0 Å². The molecule has 0 radical (unpaired) electrons. The van der Waals surface area contributed by atoms with Crippen molar-refractivity contribution in [2.75, 3.05) is 19.7 Å². The predicted molar refractivity (Wildman–Crippen MR) is 108 cm³/mol. The highest BCUT2D eigenvalue weighted by Gasteiger charge is 2.33. The quantitative estimate of drug-likeness (QED) is 0.878. The molecule has 150 valence electrons. The van der Waals surface area contributed by atoms with Crippen molar-refractivity contribution in [2.24, 2.45) is 0 Å². The maximum atomic E-state index is 12.9. The van der Waals surface area contributed by atoms with Crippen molar-refractivity contribution in [3.63, 3.8) is 0 Å². The van der Waals surface area contributed by atoms with E-state index in [1.165, 1.54) is 5.56 Å². The van der Waals surface area contributed by atoms with Crippen molar-refractivity contribution in [3.8, 4) is 5.75 Å². The first-order valence-electron chi connectivity index (χ1n) is 9.79. The molecule has 6 nitrogen and oxygen atoms in total. The molecule has 6 heteroatoms. The molecular formula is C22H29N3O3. The van der Waals surface area contributed by atoms with E-state index >= 15 is 0 Å². The van der Waals surface area contributed by atoms with Gasteiger partial charge in [-0.3, -0.25) is 4.79 Å². The largest absolute Gasteiger partial charge is 0.491 e. The number of rotatable bonds is 4. The number of ether oxygens (including phenoxy) is 1. The van der Waals surface area contributed by atoms with Crippen LogP contribution in [0.4, 0.5) is 0 Å². The number of hydrogen-bond donors (Lipinski definition) is 1. The minimum Gasteiger partial charge on any atom is -0.491 e. The molecule has 1 aromatic heterocycles. The molecule has 1 amide bonds. The SMILES string of the molecule is Cc1ncc(C(=O)N2CCCC(O)(COc3ccc(C)c(C)c3)CC2)c(C)n1. The van der Waals surface area contributed by atoms with E-state index in [0.717, 1.165) is 17.7 Å². The van der Waals surface area contributed by atoms with E-state index in [1.54, 1.807) is 11.1 Å². The summed E-state index contributed by atoms with van der Waals surface area (Å²) in [6.07, 6.45) is 3.41. The minimum absolute atomic E-state index is 0.0724. The summed E-state index contributed by atoms with van der Waals surface area (Å²) in [5.74, 6) is 1.35. The first kappa shape index (κ1) is 20.3. The van der Waals surface area contributed by atoms with Crippen LogP contribution in [0.1, 0.15) is 52.3 Å². The first-order chi connectivity index (χ1) is 13.3. The van der Waals surface area contributed by atoms with Crippen LogP contribution >= 0.6 is 0 Å². The Bertz CT molecular complexity index is 868. The number of aryl methyl sites for hydroxylation is 4. The molecule has 1 aliphatic heterocycles. The second-order valence-electron chi connectivity index (χ2n) is 7.82. The summed E-state index contributed by atoms with van der Waals surface area (Å²) in [7, 11) is 0. The Morgan fingerprint density at radius 1 is 1.18 bits per heavy atom. The highest BCUT2D eigenvalue weighted by molar-refractivity contribution is 5.94. The van der Waals surface area contributed by atoms with E-state index in [0.29, 0.717) is 43.0 Å². The number of likely N-dealkylation sites (tertiary alicyclic amines) is 1. The molecule has 0 saturated carbocycles. The fraction of sp³-hybridized carbons (Fsp3) is 0.500. The Balaban J connectivity index is 1.63. The van der Waals surface area contributed by atoms with E-state index in [9.17, 15) is 9.90 Å². The molecule has 1 saturated heterocycles. The summed E-state index contributed by atoms with van der Waals surface area (Å²) in [5, 5.41) is 11.0.